The van der Waals surface area contributed by atoms with Crippen molar-refractivity contribution in [3.05, 3.63) is 97.2 Å². The largest absolute Gasteiger partial charge is 0.462 e. The molecule has 0 amide bonds. The van der Waals surface area contributed by atoms with E-state index in [0.717, 1.165) is 116 Å². The molecule has 1 atom stereocenters. The Morgan fingerprint density at radius 1 is 0.280 bits per heavy atom. The van der Waals surface area contributed by atoms with Crippen molar-refractivity contribution in [3.8, 4) is 0 Å². The summed E-state index contributed by atoms with van der Waals surface area (Å²) in [6, 6.07) is 0. The highest BCUT2D eigenvalue weighted by molar-refractivity contribution is 5.71. The van der Waals surface area contributed by atoms with Crippen molar-refractivity contribution < 1.29 is 28.6 Å². The molecule has 430 valence electrons. The highest BCUT2D eigenvalue weighted by Crippen LogP contribution is 2.16. The van der Waals surface area contributed by atoms with E-state index >= 15 is 0 Å². The summed E-state index contributed by atoms with van der Waals surface area (Å²) in [5.74, 6) is -0.904. The summed E-state index contributed by atoms with van der Waals surface area (Å²) < 4.78 is 16.9. The molecule has 6 heteroatoms. The number of esters is 3. The first kappa shape index (κ1) is 71.3. The van der Waals surface area contributed by atoms with Gasteiger partial charge in [0.15, 0.2) is 6.10 Å². The second-order valence-corrected chi connectivity index (χ2v) is 20.9. The van der Waals surface area contributed by atoms with E-state index in [1.807, 2.05) is 0 Å². The Morgan fingerprint density at radius 2 is 0.520 bits per heavy atom. The maximum Gasteiger partial charge on any atom is 0.306 e. The second kappa shape index (κ2) is 62.9. The van der Waals surface area contributed by atoms with Crippen LogP contribution in [0, 0.1) is 0 Å². The van der Waals surface area contributed by atoms with Crippen molar-refractivity contribution in [2.24, 2.45) is 0 Å². The van der Waals surface area contributed by atoms with E-state index in [9.17, 15) is 14.4 Å². The van der Waals surface area contributed by atoms with Crippen molar-refractivity contribution in [1.82, 2.24) is 0 Å². The molecule has 0 aromatic heterocycles. The van der Waals surface area contributed by atoms with Gasteiger partial charge < -0.3 is 14.2 Å². The van der Waals surface area contributed by atoms with Crippen LogP contribution >= 0.6 is 0 Å². The van der Waals surface area contributed by atoms with Crippen LogP contribution in [0.3, 0.4) is 0 Å². The molecule has 0 bridgehead atoms. The Morgan fingerprint density at radius 3 is 0.840 bits per heavy atom. The van der Waals surface area contributed by atoms with E-state index in [1.165, 1.54) is 148 Å². The SMILES string of the molecule is CC/C=C\C/C=C\C/C=C\C/C=C\C/C=C\C/C=C\CCCCCCC(=O)OCC(COC(=O)CCCCCCCCCCCCCCCCC)OC(=O)CCCCCCCCCCC/C=C\C/C=C\CCCCC. The fourth-order valence-electron chi connectivity index (χ4n) is 8.83. The molecule has 0 saturated carbocycles. The third kappa shape index (κ3) is 61.1. The van der Waals surface area contributed by atoms with Gasteiger partial charge in [-0.25, -0.2) is 0 Å². The lowest BCUT2D eigenvalue weighted by molar-refractivity contribution is -0.167. The molecule has 0 aromatic carbocycles. The Balaban J connectivity index is 4.42. The third-order valence-corrected chi connectivity index (χ3v) is 13.6. The van der Waals surface area contributed by atoms with Gasteiger partial charge in [-0.1, -0.05) is 279 Å². The minimum absolute atomic E-state index is 0.0853. The Hall–Kier alpha value is -3.67. The molecule has 0 aromatic rings. The van der Waals surface area contributed by atoms with Gasteiger partial charge in [0.2, 0.25) is 0 Å². The minimum Gasteiger partial charge on any atom is -0.462 e. The molecule has 75 heavy (non-hydrogen) atoms. The number of rotatable bonds is 57. The lowest BCUT2D eigenvalue weighted by Crippen LogP contribution is -2.30. The maximum atomic E-state index is 12.9. The van der Waals surface area contributed by atoms with Crippen LogP contribution in [-0.2, 0) is 28.6 Å². The van der Waals surface area contributed by atoms with Gasteiger partial charge in [-0.2, -0.15) is 0 Å². The van der Waals surface area contributed by atoms with Crippen molar-refractivity contribution in [1.29, 1.82) is 0 Å². The van der Waals surface area contributed by atoms with Gasteiger partial charge in [0.1, 0.15) is 13.2 Å². The number of unbranched alkanes of at least 4 members (excludes halogenated alkanes) is 30. The van der Waals surface area contributed by atoms with Crippen LogP contribution in [0.25, 0.3) is 0 Å². The van der Waals surface area contributed by atoms with Gasteiger partial charge in [-0.05, 0) is 103 Å². The average Bonchev–Trinajstić information content (AvgIpc) is 3.41. The van der Waals surface area contributed by atoms with E-state index in [4.69, 9.17) is 14.2 Å². The zero-order valence-electron chi connectivity index (χ0n) is 49.3. The Labute approximate surface area is 464 Å². The number of carbonyl (C=O) groups excluding carboxylic acids is 3. The molecule has 0 saturated heterocycles. The predicted octanol–water partition coefficient (Wildman–Crippen LogP) is 21.7. The normalized spacial score (nSPS) is 12.7. The zero-order valence-corrected chi connectivity index (χ0v) is 49.3. The van der Waals surface area contributed by atoms with Crippen LogP contribution in [0.5, 0.6) is 0 Å². The molecular formula is C69H118O6. The summed E-state index contributed by atoms with van der Waals surface area (Å²) in [7, 11) is 0. The van der Waals surface area contributed by atoms with Gasteiger partial charge in [-0.15, -0.1) is 0 Å². The van der Waals surface area contributed by atoms with E-state index in [1.54, 1.807) is 0 Å². The van der Waals surface area contributed by atoms with E-state index < -0.39 is 6.10 Å². The lowest BCUT2D eigenvalue weighted by atomic mass is 10.0. The lowest BCUT2D eigenvalue weighted by Gasteiger charge is -2.18. The first-order valence-electron chi connectivity index (χ1n) is 31.7. The highest BCUT2D eigenvalue weighted by atomic mass is 16.6. The molecule has 0 aliphatic heterocycles. The first-order chi connectivity index (χ1) is 37.0. The number of hydrogen-bond acceptors (Lipinski definition) is 6. The topological polar surface area (TPSA) is 78.9 Å². The van der Waals surface area contributed by atoms with Gasteiger partial charge in [0.05, 0.1) is 0 Å². The molecule has 0 heterocycles. The molecule has 0 fully saturated rings. The summed E-state index contributed by atoms with van der Waals surface area (Å²) in [4.78, 5) is 38.3. The second-order valence-electron chi connectivity index (χ2n) is 20.9. The van der Waals surface area contributed by atoms with Crippen molar-refractivity contribution in [2.45, 2.75) is 309 Å². The summed E-state index contributed by atoms with van der Waals surface area (Å²) >= 11 is 0. The Kier molecular flexibility index (Phi) is 59.8. The van der Waals surface area contributed by atoms with Crippen LogP contribution in [0.4, 0.5) is 0 Å². The zero-order chi connectivity index (χ0) is 54.3. The number of ether oxygens (including phenoxy) is 3. The fourth-order valence-corrected chi connectivity index (χ4v) is 8.83. The number of hydrogen-bond donors (Lipinski definition) is 0. The fraction of sp³-hybridized carbons (Fsp3) is 0.725. The summed E-state index contributed by atoms with van der Waals surface area (Å²) in [5.41, 5.74) is 0. The van der Waals surface area contributed by atoms with Crippen molar-refractivity contribution in [2.75, 3.05) is 13.2 Å². The van der Waals surface area contributed by atoms with Gasteiger partial charge in [0.25, 0.3) is 0 Å². The number of carbonyl (C=O) groups is 3. The number of allylic oxidation sites excluding steroid dienone is 16. The predicted molar refractivity (Wildman–Crippen MR) is 325 cm³/mol. The molecule has 0 aliphatic carbocycles. The molecule has 0 rings (SSSR count). The summed E-state index contributed by atoms with van der Waals surface area (Å²) in [5, 5.41) is 0. The molecule has 0 radical (unpaired) electrons. The van der Waals surface area contributed by atoms with Crippen LogP contribution in [0.1, 0.15) is 303 Å². The maximum absolute atomic E-state index is 12.9. The summed E-state index contributed by atoms with van der Waals surface area (Å²) in [6.45, 7) is 6.51. The smallest absolute Gasteiger partial charge is 0.306 e. The van der Waals surface area contributed by atoms with Gasteiger partial charge >= 0.3 is 17.9 Å². The average molecular weight is 1040 g/mol. The Bertz CT molecular complexity index is 1480. The van der Waals surface area contributed by atoms with Crippen molar-refractivity contribution in [3.63, 3.8) is 0 Å². The molecular weight excluding hydrogens is 925 g/mol. The van der Waals surface area contributed by atoms with E-state index in [-0.39, 0.29) is 31.1 Å². The molecule has 0 aliphatic rings. The van der Waals surface area contributed by atoms with Crippen LogP contribution in [0.15, 0.2) is 97.2 Å². The highest BCUT2D eigenvalue weighted by Gasteiger charge is 2.19. The molecule has 1 unspecified atom stereocenters. The quantitative estimate of drug-likeness (QED) is 0.0261. The van der Waals surface area contributed by atoms with Crippen molar-refractivity contribution >= 4 is 17.9 Å². The summed E-state index contributed by atoms with van der Waals surface area (Å²) in [6.07, 6.45) is 84.0. The van der Waals surface area contributed by atoms with E-state index in [2.05, 4.69) is 118 Å². The van der Waals surface area contributed by atoms with Crippen LogP contribution in [-0.4, -0.2) is 37.2 Å². The van der Waals surface area contributed by atoms with Crippen LogP contribution in [0.2, 0.25) is 0 Å². The standard InChI is InChI=1S/C69H118O6/c1-4-7-10-13-16-19-22-25-28-30-32-33-34-35-37-38-41-44-47-50-53-56-59-62-68(71)74-65-66(64-73-67(70)61-58-55-52-49-46-43-40-27-24-21-18-15-12-9-6-3)75-69(72)63-60-57-54-51-48-45-42-39-36-31-29-26-23-20-17-14-11-8-5-2/h7,10,16-17,19-20,25-26,28-29,32-33,35,37,41,44,66H,4-6,8-9,11-15,18,21-24,27,30-31,34,36,38-40,42-43,45-65H2,1-3H3/b10-7-,19-16-,20-17-,28-25-,29-26-,33-32-,37-35-,44-41-. The molecule has 0 N–H and O–H groups in total. The van der Waals surface area contributed by atoms with Gasteiger partial charge in [0, 0.05) is 19.3 Å². The first-order valence-corrected chi connectivity index (χ1v) is 31.7. The van der Waals surface area contributed by atoms with E-state index in [0.29, 0.717) is 19.3 Å². The van der Waals surface area contributed by atoms with Gasteiger partial charge in [-0.3, -0.25) is 14.4 Å². The van der Waals surface area contributed by atoms with Crippen LogP contribution < -0.4 is 0 Å². The molecule has 0 spiro atoms. The monoisotopic (exact) mass is 1040 g/mol. The minimum atomic E-state index is -0.791. The molecule has 6 nitrogen and oxygen atoms in total. The third-order valence-electron chi connectivity index (χ3n) is 13.6.